The van der Waals surface area contributed by atoms with E-state index in [2.05, 4.69) is 0 Å². The number of aliphatic hydroxyl groups is 1. The van der Waals surface area contributed by atoms with Crippen LogP contribution in [0, 0.1) is 0 Å². The SMILES string of the molecule is CCOC(=O)CC(O)CN1C(=O)C(=O)c2cccc(Cl)c21. The van der Waals surface area contributed by atoms with Gasteiger partial charge in [0.05, 0.1) is 41.9 Å². The Morgan fingerprint density at radius 1 is 1.43 bits per heavy atom. The van der Waals surface area contributed by atoms with Crippen molar-refractivity contribution in [3.63, 3.8) is 0 Å². The highest BCUT2D eigenvalue weighted by molar-refractivity contribution is 6.54. The van der Waals surface area contributed by atoms with Crippen molar-refractivity contribution in [2.75, 3.05) is 18.1 Å². The smallest absolute Gasteiger partial charge is 0.308 e. The molecule has 1 atom stereocenters. The van der Waals surface area contributed by atoms with E-state index in [0.29, 0.717) is 0 Å². The number of carbonyl (C=O) groups is 3. The Labute approximate surface area is 126 Å². The number of ketones is 1. The molecule has 0 spiro atoms. The summed E-state index contributed by atoms with van der Waals surface area (Å²) in [6.07, 6.45) is -1.39. The third-order valence-electron chi connectivity index (χ3n) is 3.04. The normalized spacial score (nSPS) is 15.1. The van der Waals surface area contributed by atoms with Gasteiger partial charge in [-0.05, 0) is 19.1 Å². The fourth-order valence-corrected chi connectivity index (χ4v) is 2.45. The topological polar surface area (TPSA) is 83.9 Å². The van der Waals surface area contributed by atoms with Crippen molar-refractivity contribution < 1.29 is 24.2 Å². The van der Waals surface area contributed by atoms with Crippen molar-refractivity contribution in [3.05, 3.63) is 28.8 Å². The number of hydrogen-bond acceptors (Lipinski definition) is 5. The summed E-state index contributed by atoms with van der Waals surface area (Å²) in [5.74, 6) is -2.00. The Hall–Kier alpha value is -1.92. The number of ether oxygens (including phenoxy) is 1. The molecular weight excluding hydrogens is 298 g/mol. The molecule has 2 rings (SSSR count). The lowest BCUT2D eigenvalue weighted by atomic mass is 10.1. The van der Waals surface area contributed by atoms with Crippen LogP contribution in [0.1, 0.15) is 23.7 Å². The number of nitrogens with zero attached hydrogens (tertiary/aromatic N) is 1. The van der Waals surface area contributed by atoms with Gasteiger partial charge in [-0.2, -0.15) is 0 Å². The third-order valence-corrected chi connectivity index (χ3v) is 3.35. The van der Waals surface area contributed by atoms with Gasteiger partial charge in [0.15, 0.2) is 0 Å². The quantitative estimate of drug-likeness (QED) is 0.652. The predicted molar refractivity (Wildman–Crippen MR) is 75.4 cm³/mol. The number of carbonyl (C=O) groups excluding carboxylic acids is 3. The number of β-amino-alcohol motifs (C(OH)–C–C–N with tert-alkyl or cyclic N) is 1. The van der Waals surface area contributed by atoms with Gasteiger partial charge in [-0.25, -0.2) is 0 Å². The van der Waals surface area contributed by atoms with E-state index < -0.39 is 23.8 Å². The number of anilines is 1. The second kappa shape index (κ2) is 6.24. The van der Waals surface area contributed by atoms with Crippen LogP contribution in [0.3, 0.4) is 0 Å². The number of fused-ring (bicyclic) bond motifs is 1. The average Bonchev–Trinajstić information content (AvgIpc) is 2.65. The molecule has 0 aromatic heterocycles. The van der Waals surface area contributed by atoms with Crippen LogP contribution in [0.5, 0.6) is 0 Å². The zero-order valence-electron chi connectivity index (χ0n) is 11.3. The van der Waals surface area contributed by atoms with Crippen LogP contribution in [-0.4, -0.2) is 42.0 Å². The van der Waals surface area contributed by atoms with Gasteiger partial charge >= 0.3 is 5.97 Å². The molecule has 0 saturated carbocycles. The molecular formula is C14H14ClNO5. The van der Waals surface area contributed by atoms with Crippen molar-refractivity contribution in [2.24, 2.45) is 0 Å². The van der Waals surface area contributed by atoms with Crippen LogP contribution in [0.2, 0.25) is 5.02 Å². The zero-order valence-corrected chi connectivity index (χ0v) is 12.1. The first-order valence-electron chi connectivity index (χ1n) is 6.44. The van der Waals surface area contributed by atoms with Crippen LogP contribution < -0.4 is 4.90 Å². The van der Waals surface area contributed by atoms with Crippen LogP contribution in [0.25, 0.3) is 0 Å². The van der Waals surface area contributed by atoms with Crippen molar-refractivity contribution >= 4 is 34.9 Å². The summed E-state index contributed by atoms with van der Waals surface area (Å²) in [5, 5.41) is 10.1. The van der Waals surface area contributed by atoms with Gasteiger partial charge in [0.2, 0.25) is 0 Å². The number of hydrogen-bond donors (Lipinski definition) is 1. The largest absolute Gasteiger partial charge is 0.466 e. The summed E-state index contributed by atoms with van der Waals surface area (Å²) >= 11 is 6.01. The van der Waals surface area contributed by atoms with Crippen LogP contribution in [-0.2, 0) is 14.3 Å². The predicted octanol–water partition coefficient (Wildman–Crippen LogP) is 1.18. The van der Waals surface area contributed by atoms with Gasteiger partial charge in [-0.15, -0.1) is 0 Å². The number of rotatable bonds is 5. The lowest BCUT2D eigenvalue weighted by Crippen LogP contribution is -2.37. The molecule has 0 radical (unpaired) electrons. The molecule has 0 aliphatic carbocycles. The van der Waals surface area contributed by atoms with Crippen molar-refractivity contribution in [1.82, 2.24) is 0 Å². The van der Waals surface area contributed by atoms with E-state index in [-0.39, 0.29) is 35.8 Å². The van der Waals surface area contributed by atoms with E-state index in [0.717, 1.165) is 4.90 Å². The summed E-state index contributed by atoms with van der Waals surface area (Å²) < 4.78 is 4.72. The molecule has 1 aliphatic heterocycles. The Kier molecular flexibility index (Phi) is 4.59. The van der Waals surface area contributed by atoms with Gasteiger partial charge in [0.1, 0.15) is 0 Å². The first-order valence-corrected chi connectivity index (χ1v) is 6.81. The molecule has 1 N–H and O–H groups in total. The number of halogens is 1. The fourth-order valence-electron chi connectivity index (χ4n) is 2.17. The first kappa shape index (κ1) is 15.5. The number of para-hydroxylation sites is 1. The Morgan fingerprint density at radius 2 is 2.14 bits per heavy atom. The number of esters is 1. The van der Waals surface area contributed by atoms with E-state index in [9.17, 15) is 19.5 Å². The van der Waals surface area contributed by atoms with Crippen molar-refractivity contribution in [1.29, 1.82) is 0 Å². The molecule has 1 amide bonds. The van der Waals surface area contributed by atoms with Crippen LogP contribution >= 0.6 is 11.6 Å². The highest BCUT2D eigenvalue weighted by Gasteiger charge is 2.38. The standard InChI is InChI=1S/C14H14ClNO5/c1-2-21-11(18)6-8(17)7-16-12-9(13(19)14(16)20)4-3-5-10(12)15/h3-5,8,17H,2,6-7H2,1H3. The lowest BCUT2D eigenvalue weighted by Gasteiger charge is -2.20. The molecule has 6 nitrogen and oxygen atoms in total. The summed E-state index contributed by atoms with van der Waals surface area (Å²) in [5.41, 5.74) is 0.480. The van der Waals surface area contributed by atoms with E-state index in [1.54, 1.807) is 19.1 Å². The zero-order chi connectivity index (χ0) is 15.6. The van der Waals surface area contributed by atoms with Gasteiger partial charge in [-0.1, -0.05) is 17.7 Å². The molecule has 1 aliphatic rings. The molecule has 0 bridgehead atoms. The molecule has 1 heterocycles. The number of amides is 1. The molecule has 1 aromatic carbocycles. The minimum Gasteiger partial charge on any atom is -0.466 e. The molecule has 1 aromatic rings. The molecule has 21 heavy (non-hydrogen) atoms. The monoisotopic (exact) mass is 311 g/mol. The summed E-state index contributed by atoms with van der Waals surface area (Å²) in [6.45, 7) is 1.67. The molecule has 0 saturated heterocycles. The molecule has 112 valence electrons. The highest BCUT2D eigenvalue weighted by Crippen LogP contribution is 2.35. The number of aliphatic hydroxyl groups excluding tert-OH is 1. The summed E-state index contributed by atoms with van der Waals surface area (Å²) in [4.78, 5) is 36.2. The molecule has 0 fully saturated rings. The van der Waals surface area contributed by atoms with Gasteiger partial charge in [0.25, 0.3) is 11.7 Å². The second-order valence-corrected chi connectivity index (χ2v) is 4.95. The lowest BCUT2D eigenvalue weighted by molar-refractivity contribution is -0.145. The average molecular weight is 312 g/mol. The minimum absolute atomic E-state index is 0.194. The van der Waals surface area contributed by atoms with Crippen LogP contribution in [0.15, 0.2) is 18.2 Å². The van der Waals surface area contributed by atoms with Gasteiger partial charge < -0.3 is 14.7 Å². The Bertz CT molecular complexity index is 601. The fraction of sp³-hybridized carbons (Fsp3) is 0.357. The first-order chi connectivity index (χ1) is 9.95. The summed E-state index contributed by atoms with van der Waals surface area (Å²) in [7, 11) is 0. The maximum atomic E-state index is 12.0. The van der Waals surface area contributed by atoms with Crippen LogP contribution in [0.4, 0.5) is 5.69 Å². The molecule has 7 heteroatoms. The van der Waals surface area contributed by atoms with E-state index >= 15 is 0 Å². The Morgan fingerprint density at radius 3 is 2.81 bits per heavy atom. The summed E-state index contributed by atoms with van der Waals surface area (Å²) in [6, 6.07) is 4.63. The second-order valence-electron chi connectivity index (χ2n) is 4.54. The van der Waals surface area contributed by atoms with Crippen molar-refractivity contribution in [3.8, 4) is 0 Å². The highest BCUT2D eigenvalue weighted by atomic mass is 35.5. The van der Waals surface area contributed by atoms with E-state index in [4.69, 9.17) is 16.3 Å². The molecule has 1 unspecified atom stereocenters. The number of benzene rings is 1. The number of Topliss-reactive ketones (excluding diaryl/α,β-unsaturated/α-hetero) is 1. The third kappa shape index (κ3) is 3.06. The van der Waals surface area contributed by atoms with Gasteiger partial charge in [0, 0.05) is 0 Å². The van der Waals surface area contributed by atoms with E-state index in [1.165, 1.54) is 6.07 Å². The minimum atomic E-state index is -1.14. The van der Waals surface area contributed by atoms with Gasteiger partial charge in [-0.3, -0.25) is 14.4 Å². The Balaban J connectivity index is 2.16. The van der Waals surface area contributed by atoms with Crippen molar-refractivity contribution in [2.45, 2.75) is 19.4 Å². The van der Waals surface area contributed by atoms with E-state index in [1.807, 2.05) is 0 Å². The maximum Gasteiger partial charge on any atom is 0.308 e. The maximum absolute atomic E-state index is 12.0.